The second-order valence-corrected chi connectivity index (χ2v) is 10.4. The first-order valence-electron chi connectivity index (χ1n) is 11.6. The standard InChI is InChI=1S/C28H20Cl2FN3O4S/c1-38-24-9-8-19(12-22(24)30)32-26(35)15-34-27(36)25(39-28(34)37)10-17-14-33(23-5-3-2-4-20(17)23)13-16-6-7-18(31)11-21(16)29/h2-12,14H,13,15H2,1H3,(H,32,35)/b25-10-. The van der Waals surface area contributed by atoms with Crippen LogP contribution in [0, 0.1) is 5.82 Å². The smallest absolute Gasteiger partial charge is 0.294 e. The van der Waals surface area contributed by atoms with Gasteiger partial charge in [-0.2, -0.15) is 0 Å². The molecule has 2 heterocycles. The van der Waals surface area contributed by atoms with Crippen molar-refractivity contribution < 1.29 is 23.5 Å². The summed E-state index contributed by atoms with van der Waals surface area (Å²) in [5.41, 5.74) is 2.73. The van der Waals surface area contributed by atoms with Crippen LogP contribution in [0.1, 0.15) is 11.1 Å². The van der Waals surface area contributed by atoms with Gasteiger partial charge in [0.15, 0.2) is 0 Å². The van der Waals surface area contributed by atoms with Crippen molar-refractivity contribution in [1.29, 1.82) is 0 Å². The molecule has 39 heavy (non-hydrogen) atoms. The van der Waals surface area contributed by atoms with Gasteiger partial charge in [0.25, 0.3) is 11.1 Å². The molecule has 5 rings (SSSR count). The average Bonchev–Trinajstić information content (AvgIpc) is 3.37. The van der Waals surface area contributed by atoms with Crippen LogP contribution in [0.2, 0.25) is 10.0 Å². The fourth-order valence-electron chi connectivity index (χ4n) is 4.22. The highest BCUT2D eigenvalue weighted by Crippen LogP contribution is 2.35. The Morgan fingerprint density at radius 3 is 2.62 bits per heavy atom. The van der Waals surface area contributed by atoms with Gasteiger partial charge in [-0.3, -0.25) is 19.3 Å². The van der Waals surface area contributed by atoms with Crippen molar-refractivity contribution in [3.05, 3.63) is 98.8 Å². The molecule has 0 atom stereocenters. The molecular weight excluding hydrogens is 564 g/mol. The van der Waals surface area contributed by atoms with Crippen LogP contribution in [0.5, 0.6) is 5.75 Å². The van der Waals surface area contributed by atoms with Gasteiger partial charge >= 0.3 is 0 Å². The summed E-state index contributed by atoms with van der Waals surface area (Å²) in [7, 11) is 1.48. The van der Waals surface area contributed by atoms with E-state index in [4.69, 9.17) is 27.9 Å². The summed E-state index contributed by atoms with van der Waals surface area (Å²) in [5, 5.41) is 3.57. The van der Waals surface area contributed by atoms with E-state index < -0.39 is 29.4 Å². The van der Waals surface area contributed by atoms with Gasteiger partial charge < -0.3 is 14.6 Å². The lowest BCUT2D eigenvalue weighted by Gasteiger charge is -2.13. The number of fused-ring (bicyclic) bond motifs is 1. The summed E-state index contributed by atoms with van der Waals surface area (Å²) in [6.07, 6.45) is 3.48. The number of hydrogen-bond acceptors (Lipinski definition) is 5. The number of carbonyl (C=O) groups excluding carboxylic acids is 3. The number of halogens is 3. The first-order chi connectivity index (χ1) is 18.7. The van der Waals surface area contributed by atoms with Crippen molar-refractivity contribution in [2.24, 2.45) is 0 Å². The van der Waals surface area contributed by atoms with Gasteiger partial charge in [0, 0.05) is 39.9 Å². The summed E-state index contributed by atoms with van der Waals surface area (Å²) in [4.78, 5) is 39.4. The number of amides is 3. The van der Waals surface area contributed by atoms with Gasteiger partial charge in [0.05, 0.1) is 17.0 Å². The number of nitrogens with one attached hydrogen (secondary N) is 1. The Morgan fingerprint density at radius 1 is 1.08 bits per heavy atom. The van der Waals surface area contributed by atoms with Crippen LogP contribution in [0.4, 0.5) is 14.9 Å². The Balaban J connectivity index is 1.36. The predicted molar refractivity (Wildman–Crippen MR) is 152 cm³/mol. The second-order valence-electron chi connectivity index (χ2n) is 8.63. The van der Waals surface area contributed by atoms with E-state index in [9.17, 15) is 18.8 Å². The molecule has 1 fully saturated rings. The van der Waals surface area contributed by atoms with E-state index >= 15 is 0 Å². The molecule has 0 bridgehead atoms. The molecule has 11 heteroatoms. The summed E-state index contributed by atoms with van der Waals surface area (Å²) >= 11 is 13.1. The normalized spacial score (nSPS) is 14.5. The molecule has 7 nitrogen and oxygen atoms in total. The summed E-state index contributed by atoms with van der Waals surface area (Å²) in [5.74, 6) is -1.08. The Bertz CT molecular complexity index is 1670. The number of para-hydroxylation sites is 1. The number of rotatable bonds is 7. The van der Waals surface area contributed by atoms with Gasteiger partial charge in [0.2, 0.25) is 5.91 Å². The van der Waals surface area contributed by atoms with Crippen LogP contribution in [0.3, 0.4) is 0 Å². The molecule has 0 saturated carbocycles. The second kappa shape index (κ2) is 11.1. The van der Waals surface area contributed by atoms with Crippen molar-refractivity contribution in [1.82, 2.24) is 9.47 Å². The Labute approximate surface area is 237 Å². The molecule has 1 aliphatic rings. The zero-order valence-corrected chi connectivity index (χ0v) is 22.7. The molecule has 1 saturated heterocycles. The lowest BCUT2D eigenvalue weighted by molar-refractivity contribution is -0.127. The molecule has 1 aliphatic heterocycles. The number of anilines is 1. The molecule has 198 valence electrons. The number of ether oxygens (including phenoxy) is 1. The Kier molecular flexibility index (Phi) is 7.65. The van der Waals surface area contributed by atoms with Crippen LogP contribution in [-0.2, 0) is 16.1 Å². The maximum atomic E-state index is 13.5. The third kappa shape index (κ3) is 5.66. The highest BCUT2D eigenvalue weighted by Gasteiger charge is 2.36. The highest BCUT2D eigenvalue weighted by molar-refractivity contribution is 8.18. The molecule has 0 spiro atoms. The number of aromatic nitrogens is 1. The first kappa shape index (κ1) is 26.8. The van der Waals surface area contributed by atoms with Crippen LogP contribution in [0.25, 0.3) is 17.0 Å². The third-order valence-corrected chi connectivity index (χ3v) is 7.63. The van der Waals surface area contributed by atoms with Crippen molar-refractivity contribution in [2.45, 2.75) is 6.54 Å². The number of imide groups is 1. The lowest BCUT2D eigenvalue weighted by Crippen LogP contribution is -2.36. The van der Waals surface area contributed by atoms with Crippen LogP contribution < -0.4 is 10.1 Å². The first-order valence-corrected chi connectivity index (χ1v) is 13.2. The minimum atomic E-state index is -0.564. The fourth-order valence-corrected chi connectivity index (χ4v) is 5.53. The van der Waals surface area contributed by atoms with E-state index in [0.29, 0.717) is 33.6 Å². The van der Waals surface area contributed by atoms with Crippen LogP contribution >= 0.6 is 35.0 Å². The Morgan fingerprint density at radius 2 is 1.87 bits per heavy atom. The quantitative estimate of drug-likeness (QED) is 0.241. The minimum Gasteiger partial charge on any atom is -0.495 e. The van der Waals surface area contributed by atoms with Gasteiger partial charge in [0.1, 0.15) is 18.1 Å². The molecule has 0 aliphatic carbocycles. The van der Waals surface area contributed by atoms with Crippen LogP contribution in [-0.4, -0.2) is 40.2 Å². The van der Waals surface area contributed by atoms with E-state index in [1.807, 2.05) is 35.0 Å². The topological polar surface area (TPSA) is 80.6 Å². The molecule has 0 radical (unpaired) electrons. The molecule has 0 unspecified atom stereocenters. The molecule has 4 aromatic rings. The number of thioether (sulfide) groups is 1. The molecular formula is C28H20Cl2FN3O4S. The van der Waals surface area contributed by atoms with Crippen molar-refractivity contribution in [3.63, 3.8) is 0 Å². The summed E-state index contributed by atoms with van der Waals surface area (Å²) in [6, 6.07) is 16.5. The molecule has 1 aromatic heterocycles. The maximum absolute atomic E-state index is 13.5. The number of nitrogens with zero attached hydrogens (tertiary/aromatic N) is 2. The SMILES string of the molecule is COc1ccc(NC(=O)CN2C(=O)S/C(=C\c3cn(Cc4ccc(F)cc4Cl)c4ccccc34)C2=O)cc1Cl. The third-order valence-electron chi connectivity index (χ3n) is 6.07. The summed E-state index contributed by atoms with van der Waals surface area (Å²) in [6.45, 7) is -0.0685. The molecule has 1 N–H and O–H groups in total. The highest BCUT2D eigenvalue weighted by atomic mass is 35.5. The predicted octanol–water partition coefficient (Wildman–Crippen LogP) is 6.82. The van der Waals surface area contributed by atoms with Gasteiger partial charge in [-0.15, -0.1) is 0 Å². The van der Waals surface area contributed by atoms with Gasteiger partial charge in [-0.05, 0) is 59.8 Å². The van der Waals surface area contributed by atoms with Crippen molar-refractivity contribution >= 4 is 74.7 Å². The number of methoxy groups -OCH3 is 1. The number of hydrogen-bond donors (Lipinski definition) is 1. The van der Waals surface area contributed by atoms with Gasteiger partial charge in [-0.1, -0.05) is 47.5 Å². The van der Waals surface area contributed by atoms with Crippen LogP contribution in [0.15, 0.2) is 71.8 Å². The zero-order chi connectivity index (χ0) is 27.7. The van der Waals surface area contributed by atoms with E-state index in [1.54, 1.807) is 24.3 Å². The number of carbonyl (C=O) groups is 3. The number of benzene rings is 3. The molecule has 3 aromatic carbocycles. The summed E-state index contributed by atoms with van der Waals surface area (Å²) < 4.78 is 20.5. The lowest BCUT2D eigenvalue weighted by atomic mass is 10.1. The van der Waals surface area contributed by atoms with E-state index in [2.05, 4.69) is 5.32 Å². The fraction of sp³-hybridized carbons (Fsp3) is 0.107. The monoisotopic (exact) mass is 583 g/mol. The van der Waals surface area contributed by atoms with E-state index in [0.717, 1.165) is 33.1 Å². The zero-order valence-electron chi connectivity index (χ0n) is 20.4. The maximum Gasteiger partial charge on any atom is 0.294 e. The van der Waals surface area contributed by atoms with E-state index in [1.165, 1.54) is 25.3 Å². The molecule has 3 amide bonds. The van der Waals surface area contributed by atoms with Crippen molar-refractivity contribution in [3.8, 4) is 5.75 Å². The van der Waals surface area contributed by atoms with Gasteiger partial charge in [-0.25, -0.2) is 4.39 Å². The Hall–Kier alpha value is -3.79. The van der Waals surface area contributed by atoms with Crippen molar-refractivity contribution in [2.75, 3.05) is 19.0 Å². The largest absolute Gasteiger partial charge is 0.495 e. The minimum absolute atomic E-state index is 0.197. The van der Waals surface area contributed by atoms with E-state index in [-0.39, 0.29) is 4.91 Å². The average molecular weight is 584 g/mol.